The van der Waals surface area contributed by atoms with Gasteiger partial charge < -0.3 is 4.74 Å². The number of fused-ring (bicyclic) bond motifs is 1. The first-order chi connectivity index (χ1) is 14.8. The van der Waals surface area contributed by atoms with Gasteiger partial charge in [-0.15, -0.1) is 11.3 Å². The average Bonchev–Trinajstić information content (AvgIpc) is 3.34. The molecule has 4 aromatic rings. The van der Waals surface area contributed by atoms with Crippen molar-refractivity contribution in [3.8, 4) is 5.69 Å². The number of aromatic nitrogens is 4. The molecule has 0 amide bonds. The lowest BCUT2D eigenvalue weighted by Gasteiger charge is -2.26. The third kappa shape index (κ3) is 4.21. The molecule has 154 valence electrons. The summed E-state index contributed by atoms with van der Waals surface area (Å²) >= 11 is 9.25. The van der Waals surface area contributed by atoms with Crippen LogP contribution in [0.2, 0.25) is 0 Å². The molecule has 0 saturated carbocycles. The van der Waals surface area contributed by atoms with E-state index in [2.05, 4.69) is 39.8 Å². The molecule has 1 aliphatic heterocycles. The Labute approximate surface area is 188 Å². The van der Waals surface area contributed by atoms with Crippen molar-refractivity contribution in [2.75, 3.05) is 26.3 Å². The second kappa shape index (κ2) is 8.99. The number of hydrogen-bond donors (Lipinski definition) is 0. The summed E-state index contributed by atoms with van der Waals surface area (Å²) in [4.78, 5) is 7.07. The van der Waals surface area contributed by atoms with Gasteiger partial charge in [0.2, 0.25) is 4.77 Å². The van der Waals surface area contributed by atoms with Crippen LogP contribution in [0.25, 0.3) is 15.9 Å². The van der Waals surface area contributed by atoms with E-state index in [4.69, 9.17) is 27.0 Å². The lowest BCUT2D eigenvalue weighted by molar-refractivity contribution is 0.0209. The van der Waals surface area contributed by atoms with E-state index in [0.717, 1.165) is 47.7 Å². The Hall–Kier alpha value is -2.04. The fourth-order valence-electron chi connectivity index (χ4n) is 3.45. The summed E-state index contributed by atoms with van der Waals surface area (Å²) in [7, 11) is 0. The Balaban J connectivity index is 1.44. The molecule has 2 aromatic carbocycles. The van der Waals surface area contributed by atoms with Crippen molar-refractivity contribution in [3.63, 3.8) is 0 Å². The number of morpholine rings is 1. The van der Waals surface area contributed by atoms with Crippen LogP contribution in [0.3, 0.4) is 0 Å². The fourth-order valence-corrected chi connectivity index (χ4v) is 5.74. The molecule has 0 spiro atoms. The Morgan fingerprint density at radius 3 is 2.60 bits per heavy atom. The van der Waals surface area contributed by atoms with Gasteiger partial charge in [0.05, 0.1) is 35.9 Å². The molecule has 0 unspecified atom stereocenters. The van der Waals surface area contributed by atoms with E-state index in [0.29, 0.717) is 17.2 Å². The zero-order valence-electron chi connectivity index (χ0n) is 16.3. The lowest BCUT2D eigenvalue weighted by atomic mass is 10.3. The minimum Gasteiger partial charge on any atom is -0.379 e. The summed E-state index contributed by atoms with van der Waals surface area (Å²) < 4.78 is 12.4. The van der Waals surface area contributed by atoms with Crippen molar-refractivity contribution in [1.82, 2.24) is 24.2 Å². The third-order valence-corrected chi connectivity index (χ3v) is 7.53. The van der Waals surface area contributed by atoms with Crippen molar-refractivity contribution in [3.05, 3.63) is 65.2 Å². The lowest BCUT2D eigenvalue weighted by Crippen LogP contribution is -2.37. The van der Waals surface area contributed by atoms with Gasteiger partial charge in [-0.25, -0.2) is 9.67 Å². The smallest absolute Gasteiger partial charge is 0.203 e. The monoisotopic (exact) mass is 455 g/mol. The molecule has 6 nitrogen and oxygen atoms in total. The summed E-state index contributed by atoms with van der Waals surface area (Å²) in [6.07, 6.45) is 0. The highest BCUT2D eigenvalue weighted by Gasteiger charge is 2.17. The van der Waals surface area contributed by atoms with Crippen molar-refractivity contribution in [2.24, 2.45) is 0 Å². The van der Waals surface area contributed by atoms with Gasteiger partial charge in [0.25, 0.3) is 0 Å². The summed E-state index contributed by atoms with van der Waals surface area (Å²) in [6, 6.07) is 18.5. The average molecular weight is 456 g/mol. The maximum Gasteiger partial charge on any atom is 0.203 e. The Bertz CT molecular complexity index is 1160. The topological polar surface area (TPSA) is 48.1 Å². The number of para-hydroxylation sites is 2. The van der Waals surface area contributed by atoms with E-state index in [1.54, 1.807) is 23.1 Å². The molecule has 3 heterocycles. The van der Waals surface area contributed by atoms with Crippen LogP contribution in [0.15, 0.2) is 58.9 Å². The maximum absolute atomic E-state index is 5.83. The van der Waals surface area contributed by atoms with Crippen LogP contribution in [0.1, 0.15) is 5.82 Å². The van der Waals surface area contributed by atoms with Gasteiger partial charge in [-0.3, -0.25) is 9.47 Å². The minimum atomic E-state index is 0.681. The largest absolute Gasteiger partial charge is 0.379 e. The van der Waals surface area contributed by atoms with Crippen molar-refractivity contribution in [1.29, 1.82) is 0 Å². The molecule has 30 heavy (non-hydrogen) atoms. The summed E-state index contributed by atoms with van der Waals surface area (Å²) in [6.45, 7) is 3.99. The zero-order valence-corrected chi connectivity index (χ0v) is 18.8. The molecule has 0 bridgehead atoms. The highest BCUT2D eigenvalue weighted by atomic mass is 32.2. The standard InChI is InChI=1S/C21H21N5OS3/c28-21-25(15-24-10-12-27-13-11-24)23-19(26(21)16-6-2-1-3-7-16)14-29-20-22-17-8-4-5-9-18(17)30-20/h1-9H,10-15H2. The molecule has 0 aliphatic carbocycles. The molecule has 0 N–H and O–H groups in total. The SMILES string of the molecule is S=c1n(CN2CCOCC2)nc(CSc2nc3ccccc3s2)n1-c1ccccc1. The number of hydrogen-bond acceptors (Lipinski definition) is 7. The third-order valence-electron chi connectivity index (χ3n) is 4.96. The van der Waals surface area contributed by atoms with Crippen LogP contribution >= 0.6 is 35.3 Å². The Kier molecular flexibility index (Phi) is 5.96. The summed E-state index contributed by atoms with van der Waals surface area (Å²) in [5.74, 6) is 1.64. The fraction of sp³-hybridized carbons (Fsp3) is 0.286. The van der Waals surface area contributed by atoms with Crippen LogP contribution < -0.4 is 0 Å². The number of benzene rings is 2. The quantitative estimate of drug-likeness (QED) is 0.313. The minimum absolute atomic E-state index is 0.681. The van der Waals surface area contributed by atoms with Crippen LogP contribution in [-0.4, -0.2) is 50.5 Å². The predicted octanol–water partition coefficient (Wildman–Crippen LogP) is 4.59. The van der Waals surface area contributed by atoms with E-state index >= 15 is 0 Å². The number of thiazole rings is 1. The van der Waals surface area contributed by atoms with Crippen LogP contribution in [-0.2, 0) is 17.2 Å². The molecule has 5 rings (SSSR count). The molecule has 9 heteroatoms. The molecule has 1 aliphatic rings. The normalized spacial score (nSPS) is 15.1. The Morgan fingerprint density at radius 2 is 1.80 bits per heavy atom. The van der Waals surface area contributed by atoms with E-state index in [9.17, 15) is 0 Å². The number of ether oxygens (including phenoxy) is 1. The van der Waals surface area contributed by atoms with Crippen LogP contribution in [0.5, 0.6) is 0 Å². The van der Waals surface area contributed by atoms with E-state index in [1.807, 2.05) is 28.9 Å². The first-order valence-electron chi connectivity index (χ1n) is 9.80. The second-order valence-corrected chi connectivity index (χ2v) is 9.60. The van der Waals surface area contributed by atoms with Gasteiger partial charge in [0.15, 0.2) is 4.34 Å². The number of thioether (sulfide) groups is 1. The molecule has 1 fully saturated rings. The van der Waals surface area contributed by atoms with Gasteiger partial charge >= 0.3 is 0 Å². The van der Waals surface area contributed by atoms with Gasteiger partial charge in [-0.05, 0) is 36.5 Å². The van der Waals surface area contributed by atoms with E-state index in [1.165, 1.54) is 4.70 Å². The Morgan fingerprint density at radius 1 is 1.03 bits per heavy atom. The van der Waals surface area contributed by atoms with Gasteiger partial charge in [-0.2, -0.15) is 5.10 Å². The second-order valence-electron chi connectivity index (χ2n) is 6.98. The maximum atomic E-state index is 5.83. The van der Waals surface area contributed by atoms with Crippen LogP contribution in [0, 0.1) is 4.77 Å². The number of rotatable bonds is 6. The predicted molar refractivity (Wildman–Crippen MR) is 124 cm³/mol. The van der Waals surface area contributed by atoms with Gasteiger partial charge in [0.1, 0.15) is 5.82 Å². The first kappa shape index (κ1) is 19.9. The molecule has 1 saturated heterocycles. The summed E-state index contributed by atoms with van der Waals surface area (Å²) in [5, 5.41) is 4.90. The van der Waals surface area contributed by atoms with E-state index < -0.39 is 0 Å². The van der Waals surface area contributed by atoms with Crippen molar-refractivity contribution < 1.29 is 4.74 Å². The molecular formula is C21H21N5OS3. The molecule has 0 radical (unpaired) electrons. The van der Waals surface area contributed by atoms with E-state index in [-0.39, 0.29) is 0 Å². The highest BCUT2D eigenvalue weighted by molar-refractivity contribution is 8.00. The van der Waals surface area contributed by atoms with Crippen LogP contribution in [0.4, 0.5) is 0 Å². The van der Waals surface area contributed by atoms with Gasteiger partial charge in [-0.1, -0.05) is 42.1 Å². The zero-order chi connectivity index (χ0) is 20.3. The number of nitrogens with zero attached hydrogens (tertiary/aromatic N) is 5. The van der Waals surface area contributed by atoms with Crippen molar-refractivity contribution in [2.45, 2.75) is 16.8 Å². The summed E-state index contributed by atoms with van der Waals surface area (Å²) in [5.41, 5.74) is 2.08. The molecular weight excluding hydrogens is 434 g/mol. The van der Waals surface area contributed by atoms with Crippen molar-refractivity contribution >= 4 is 45.5 Å². The molecule has 0 atom stereocenters. The van der Waals surface area contributed by atoms with Gasteiger partial charge in [0, 0.05) is 18.8 Å². The highest BCUT2D eigenvalue weighted by Crippen LogP contribution is 2.31. The first-order valence-corrected chi connectivity index (χ1v) is 12.0. The molecule has 2 aromatic heterocycles.